The molecule has 0 unspecified atom stereocenters. The van der Waals surface area contributed by atoms with Crippen molar-refractivity contribution in [3.05, 3.63) is 85.0 Å². The van der Waals surface area contributed by atoms with Crippen LogP contribution in [-0.2, 0) is 20.6 Å². The van der Waals surface area contributed by atoms with E-state index in [1.165, 1.54) is 11.6 Å². The van der Waals surface area contributed by atoms with Crippen LogP contribution in [0.1, 0.15) is 11.1 Å². The lowest BCUT2D eigenvalue weighted by Crippen LogP contribution is -2.37. The molecule has 3 heterocycles. The van der Waals surface area contributed by atoms with Crippen molar-refractivity contribution in [2.75, 3.05) is 0 Å². The van der Waals surface area contributed by atoms with E-state index in [0.29, 0.717) is 29.3 Å². The van der Waals surface area contributed by atoms with E-state index in [0.717, 1.165) is 25.7 Å². The van der Waals surface area contributed by atoms with Gasteiger partial charge >= 0.3 is 5.69 Å². The normalized spacial score (nSPS) is 11.6. The predicted octanol–water partition coefficient (Wildman–Crippen LogP) is 2.87. The molecule has 0 N–H and O–H groups in total. The van der Waals surface area contributed by atoms with Crippen molar-refractivity contribution in [1.82, 2.24) is 28.3 Å². The van der Waals surface area contributed by atoms with Crippen molar-refractivity contribution in [3.63, 3.8) is 0 Å². The zero-order valence-corrected chi connectivity index (χ0v) is 18.8. The van der Waals surface area contributed by atoms with Gasteiger partial charge in [0.15, 0.2) is 17.0 Å². The Morgan fingerprint density at radius 1 is 0.968 bits per heavy atom. The van der Waals surface area contributed by atoms with Gasteiger partial charge in [-0.05, 0) is 24.6 Å². The number of aryl methyl sites for hydroxylation is 2. The van der Waals surface area contributed by atoms with Gasteiger partial charge in [0.2, 0.25) is 5.78 Å². The maximum absolute atomic E-state index is 13.2. The Hall–Kier alpha value is -3.46. The molecule has 9 heteroatoms. The zero-order chi connectivity index (χ0) is 21.9. The van der Waals surface area contributed by atoms with Crippen LogP contribution in [0.4, 0.5) is 0 Å². The van der Waals surface area contributed by atoms with E-state index in [9.17, 15) is 9.59 Å². The monoisotopic (exact) mass is 478 g/mol. The van der Waals surface area contributed by atoms with Gasteiger partial charge in [-0.1, -0.05) is 57.9 Å². The Labute approximate surface area is 185 Å². The molecular weight excluding hydrogens is 460 g/mol. The molecule has 5 rings (SSSR count). The van der Waals surface area contributed by atoms with Gasteiger partial charge in [-0.15, -0.1) is 10.2 Å². The molecule has 0 amide bonds. The minimum Gasteiger partial charge on any atom is -0.298 e. The van der Waals surface area contributed by atoms with E-state index >= 15 is 0 Å². The summed E-state index contributed by atoms with van der Waals surface area (Å²) in [5, 5.41) is 8.82. The topological polar surface area (TPSA) is 79.1 Å². The van der Waals surface area contributed by atoms with E-state index in [-0.39, 0.29) is 5.56 Å². The van der Waals surface area contributed by atoms with E-state index in [2.05, 4.69) is 32.2 Å². The van der Waals surface area contributed by atoms with Crippen molar-refractivity contribution >= 4 is 32.9 Å². The van der Waals surface area contributed by atoms with Gasteiger partial charge in [0.1, 0.15) is 0 Å². The van der Waals surface area contributed by atoms with Crippen LogP contribution in [0.2, 0.25) is 0 Å². The first-order valence-corrected chi connectivity index (χ1v) is 10.5. The Kier molecular flexibility index (Phi) is 4.44. The van der Waals surface area contributed by atoms with Crippen LogP contribution < -0.4 is 11.2 Å². The summed E-state index contributed by atoms with van der Waals surface area (Å²) < 4.78 is 7.17. The first-order chi connectivity index (χ1) is 14.9. The van der Waals surface area contributed by atoms with Crippen molar-refractivity contribution < 1.29 is 0 Å². The van der Waals surface area contributed by atoms with E-state index < -0.39 is 5.69 Å². The lowest BCUT2D eigenvalue weighted by atomic mass is 10.1. The number of hydrogen-bond donors (Lipinski definition) is 0. The van der Waals surface area contributed by atoms with Crippen LogP contribution >= 0.6 is 15.9 Å². The fourth-order valence-corrected chi connectivity index (χ4v) is 4.25. The quantitative estimate of drug-likeness (QED) is 0.399. The minimum absolute atomic E-state index is 0.363. The van der Waals surface area contributed by atoms with Crippen molar-refractivity contribution in [2.24, 2.45) is 14.1 Å². The lowest BCUT2D eigenvalue weighted by Gasteiger charge is -2.08. The van der Waals surface area contributed by atoms with E-state index in [1.807, 2.05) is 54.0 Å². The summed E-state index contributed by atoms with van der Waals surface area (Å²) in [5.74, 6) is 1.08. The molecule has 0 saturated carbocycles. The molecule has 8 nitrogen and oxygen atoms in total. The fraction of sp³-hybridized carbons (Fsp3) is 0.182. The number of hydrogen-bond acceptors (Lipinski definition) is 4. The molecule has 3 aromatic heterocycles. The Morgan fingerprint density at radius 3 is 2.42 bits per heavy atom. The smallest absolute Gasteiger partial charge is 0.298 e. The summed E-state index contributed by atoms with van der Waals surface area (Å²) in [6, 6.07) is 15.8. The van der Waals surface area contributed by atoms with Crippen molar-refractivity contribution in [1.29, 1.82) is 0 Å². The number of aromatic nitrogens is 6. The molecule has 0 radical (unpaired) electrons. The summed E-state index contributed by atoms with van der Waals surface area (Å²) in [7, 11) is 3.15. The third-order valence-corrected chi connectivity index (χ3v) is 6.03. The van der Waals surface area contributed by atoms with Crippen LogP contribution in [-0.4, -0.2) is 28.3 Å². The molecule has 0 atom stereocenters. The third kappa shape index (κ3) is 2.96. The fourth-order valence-electron chi connectivity index (χ4n) is 3.98. The number of fused-ring (bicyclic) bond motifs is 3. The van der Waals surface area contributed by atoms with Gasteiger partial charge in [0.25, 0.3) is 5.56 Å². The lowest BCUT2D eigenvalue weighted by molar-refractivity contribution is 0.700. The highest BCUT2D eigenvalue weighted by molar-refractivity contribution is 9.10. The molecular formula is C22H19BrN6O2. The summed E-state index contributed by atoms with van der Waals surface area (Å²) in [6.07, 6.45) is 0. The number of rotatable bonds is 3. The standard InChI is InChI=1S/C22H19BrN6O2/c1-13-5-4-6-14(11-13)12-28-17-19(26(2)22(31)27(3)20(17)30)29-18(24-25-21(28)29)15-7-9-16(23)10-8-15/h4-11H,12H2,1-3H3. The first kappa shape index (κ1) is 19.5. The molecule has 156 valence electrons. The highest BCUT2D eigenvalue weighted by Crippen LogP contribution is 2.26. The van der Waals surface area contributed by atoms with Crippen molar-refractivity contribution in [3.8, 4) is 11.4 Å². The van der Waals surface area contributed by atoms with E-state index in [1.54, 1.807) is 11.4 Å². The SMILES string of the molecule is Cc1cccc(Cn2c3c(=O)n(C)c(=O)n(C)c3n3c(-c4ccc(Br)cc4)nnc23)c1. The van der Waals surface area contributed by atoms with Crippen LogP contribution in [0.25, 0.3) is 28.3 Å². The van der Waals surface area contributed by atoms with Gasteiger partial charge in [-0.2, -0.15) is 0 Å². The number of nitrogens with zero attached hydrogens (tertiary/aromatic N) is 6. The number of benzene rings is 2. The molecule has 5 aromatic rings. The van der Waals surface area contributed by atoms with Crippen LogP contribution in [0.5, 0.6) is 0 Å². The maximum Gasteiger partial charge on any atom is 0.332 e. The second kappa shape index (κ2) is 7.05. The van der Waals surface area contributed by atoms with Gasteiger partial charge in [-0.25, -0.2) is 9.20 Å². The maximum atomic E-state index is 13.2. The summed E-state index contributed by atoms with van der Waals surface area (Å²) in [6.45, 7) is 2.46. The summed E-state index contributed by atoms with van der Waals surface area (Å²) >= 11 is 3.45. The molecule has 0 saturated heterocycles. The van der Waals surface area contributed by atoms with Gasteiger partial charge < -0.3 is 0 Å². The Balaban J connectivity index is 1.91. The molecule has 0 spiro atoms. The average Bonchev–Trinajstić information content (AvgIpc) is 3.30. The molecule has 31 heavy (non-hydrogen) atoms. The molecule has 0 aliphatic rings. The first-order valence-electron chi connectivity index (χ1n) is 9.71. The van der Waals surface area contributed by atoms with Gasteiger partial charge in [0.05, 0.1) is 6.54 Å². The predicted molar refractivity (Wildman–Crippen MR) is 122 cm³/mol. The van der Waals surface area contributed by atoms with Gasteiger partial charge in [0, 0.05) is 24.1 Å². The second-order valence-electron chi connectivity index (χ2n) is 7.62. The molecule has 0 aliphatic carbocycles. The summed E-state index contributed by atoms with van der Waals surface area (Å²) in [5.41, 5.74) is 3.11. The highest BCUT2D eigenvalue weighted by atomic mass is 79.9. The summed E-state index contributed by atoms with van der Waals surface area (Å²) in [4.78, 5) is 25.9. The third-order valence-electron chi connectivity index (χ3n) is 5.51. The second-order valence-corrected chi connectivity index (χ2v) is 8.53. The minimum atomic E-state index is -0.400. The average molecular weight is 479 g/mol. The van der Waals surface area contributed by atoms with E-state index in [4.69, 9.17) is 0 Å². The molecule has 0 fully saturated rings. The number of halogens is 1. The van der Waals surface area contributed by atoms with Crippen molar-refractivity contribution in [2.45, 2.75) is 13.5 Å². The van der Waals surface area contributed by atoms with Crippen LogP contribution in [0, 0.1) is 6.92 Å². The zero-order valence-electron chi connectivity index (χ0n) is 17.2. The van der Waals surface area contributed by atoms with Crippen LogP contribution in [0.3, 0.4) is 0 Å². The highest BCUT2D eigenvalue weighted by Gasteiger charge is 2.24. The van der Waals surface area contributed by atoms with Gasteiger partial charge in [-0.3, -0.25) is 18.5 Å². The Morgan fingerprint density at radius 2 is 1.71 bits per heavy atom. The molecule has 2 aromatic carbocycles. The molecule has 0 aliphatic heterocycles. The largest absolute Gasteiger partial charge is 0.332 e. The Bertz CT molecular complexity index is 1590. The number of imidazole rings is 1. The van der Waals surface area contributed by atoms with Crippen LogP contribution in [0.15, 0.2) is 62.6 Å². The molecule has 0 bridgehead atoms.